The number of nitrogens with zero attached hydrogens (tertiary/aromatic N) is 1. The van der Waals surface area contributed by atoms with E-state index in [0.717, 1.165) is 24.9 Å². The number of likely N-dealkylation sites (tertiary alicyclic amines) is 1. The fourth-order valence-corrected chi connectivity index (χ4v) is 4.38. The van der Waals surface area contributed by atoms with Crippen LogP contribution in [-0.2, 0) is 9.47 Å². The Kier molecular flexibility index (Phi) is 4.85. The molecule has 2 aliphatic heterocycles. The zero-order chi connectivity index (χ0) is 16.5. The van der Waals surface area contributed by atoms with Crippen LogP contribution in [0.25, 0.3) is 0 Å². The molecule has 2 saturated heterocycles. The molecule has 2 atom stereocenters. The Morgan fingerprint density at radius 3 is 2.48 bits per heavy atom. The summed E-state index contributed by atoms with van der Waals surface area (Å²) >= 11 is 0. The molecule has 2 N–H and O–H groups in total. The molecule has 3 aliphatic rings. The first-order valence-electron chi connectivity index (χ1n) is 8.89. The molecule has 0 aromatic heterocycles. The second kappa shape index (κ2) is 6.57. The molecule has 0 bridgehead atoms. The zero-order valence-electron chi connectivity index (χ0n) is 14.3. The Bertz CT molecular complexity index is 430. The normalized spacial score (nSPS) is 33.7. The molecule has 6 nitrogen and oxygen atoms in total. The van der Waals surface area contributed by atoms with Crippen molar-refractivity contribution in [1.29, 1.82) is 0 Å². The van der Waals surface area contributed by atoms with Gasteiger partial charge in [0.15, 0.2) is 5.79 Å². The summed E-state index contributed by atoms with van der Waals surface area (Å²) < 4.78 is 11.5. The van der Waals surface area contributed by atoms with Crippen LogP contribution < -0.4 is 5.32 Å². The van der Waals surface area contributed by atoms with Gasteiger partial charge in [-0.3, -0.25) is 0 Å². The van der Waals surface area contributed by atoms with Gasteiger partial charge in [-0.25, -0.2) is 4.79 Å². The van der Waals surface area contributed by atoms with Gasteiger partial charge in [-0.15, -0.1) is 0 Å². The van der Waals surface area contributed by atoms with Crippen molar-refractivity contribution in [3.8, 4) is 0 Å². The molecule has 23 heavy (non-hydrogen) atoms. The summed E-state index contributed by atoms with van der Waals surface area (Å²) in [6.07, 6.45) is 5.64. The fraction of sp³-hybridized carbons (Fsp3) is 0.941. The van der Waals surface area contributed by atoms with Gasteiger partial charge >= 0.3 is 6.09 Å². The van der Waals surface area contributed by atoms with Gasteiger partial charge in [0.1, 0.15) is 5.54 Å². The third kappa shape index (κ3) is 4.17. The van der Waals surface area contributed by atoms with Crippen LogP contribution >= 0.6 is 0 Å². The first-order chi connectivity index (χ1) is 10.9. The molecule has 3 fully saturated rings. The number of ether oxygens (including phenoxy) is 2. The lowest BCUT2D eigenvalue weighted by Gasteiger charge is -2.48. The molecule has 1 saturated carbocycles. The summed E-state index contributed by atoms with van der Waals surface area (Å²) in [5, 5.41) is 11.9. The molecule has 2 unspecified atom stereocenters. The van der Waals surface area contributed by atoms with E-state index in [2.05, 4.69) is 10.2 Å². The van der Waals surface area contributed by atoms with Crippen LogP contribution in [0, 0.1) is 11.8 Å². The van der Waals surface area contributed by atoms with Crippen molar-refractivity contribution in [3.05, 3.63) is 0 Å². The van der Waals surface area contributed by atoms with E-state index in [9.17, 15) is 9.90 Å². The Labute approximate surface area is 138 Å². The van der Waals surface area contributed by atoms with Gasteiger partial charge in [0, 0.05) is 13.1 Å². The highest BCUT2D eigenvalue weighted by Crippen LogP contribution is 2.36. The number of carbonyl (C=O) groups is 1. The van der Waals surface area contributed by atoms with Gasteiger partial charge in [0.25, 0.3) is 0 Å². The van der Waals surface area contributed by atoms with Crippen LogP contribution in [0.3, 0.4) is 0 Å². The SMILES string of the molecule is CC1(C)OCC(CN2CCC3CCCCC3C2)(NC(=O)O)CO1. The Morgan fingerprint density at radius 1 is 1.17 bits per heavy atom. The summed E-state index contributed by atoms with van der Waals surface area (Å²) in [7, 11) is 0. The summed E-state index contributed by atoms with van der Waals surface area (Å²) in [4.78, 5) is 13.7. The van der Waals surface area contributed by atoms with Crippen molar-refractivity contribution in [2.24, 2.45) is 11.8 Å². The van der Waals surface area contributed by atoms with Crippen LogP contribution in [0.4, 0.5) is 4.79 Å². The van der Waals surface area contributed by atoms with Crippen molar-refractivity contribution in [3.63, 3.8) is 0 Å². The van der Waals surface area contributed by atoms with Gasteiger partial charge in [-0.05, 0) is 45.1 Å². The topological polar surface area (TPSA) is 71.0 Å². The lowest BCUT2D eigenvalue weighted by molar-refractivity contribution is -0.272. The molecule has 0 aromatic carbocycles. The largest absolute Gasteiger partial charge is 0.465 e. The first-order valence-corrected chi connectivity index (χ1v) is 8.89. The number of hydrogen-bond donors (Lipinski definition) is 2. The van der Waals surface area contributed by atoms with Crippen LogP contribution in [0.1, 0.15) is 46.0 Å². The van der Waals surface area contributed by atoms with E-state index in [0.29, 0.717) is 19.8 Å². The number of fused-ring (bicyclic) bond motifs is 1. The standard InChI is InChI=1S/C17H30N2O4/c1-16(2)22-11-17(12-23-16,18-15(20)21)10-19-8-7-13-5-3-4-6-14(13)9-19/h13-14,18H,3-12H2,1-2H3,(H,20,21). The maximum atomic E-state index is 11.3. The van der Waals surface area contributed by atoms with Crippen molar-refractivity contribution in [2.45, 2.75) is 57.3 Å². The Balaban J connectivity index is 1.63. The zero-order valence-corrected chi connectivity index (χ0v) is 14.3. The fourth-order valence-electron chi connectivity index (χ4n) is 4.38. The van der Waals surface area contributed by atoms with Gasteiger partial charge in [0.2, 0.25) is 0 Å². The predicted octanol–water partition coefficient (Wildman–Crippen LogP) is 2.29. The minimum absolute atomic E-state index is 0.358. The predicted molar refractivity (Wildman–Crippen MR) is 86.4 cm³/mol. The van der Waals surface area contributed by atoms with Crippen molar-refractivity contribution in [1.82, 2.24) is 10.2 Å². The number of hydrogen-bond acceptors (Lipinski definition) is 4. The smallest absolute Gasteiger partial charge is 0.405 e. The highest BCUT2D eigenvalue weighted by Gasteiger charge is 2.44. The Morgan fingerprint density at radius 2 is 1.83 bits per heavy atom. The van der Waals surface area contributed by atoms with Crippen LogP contribution in [0.5, 0.6) is 0 Å². The van der Waals surface area contributed by atoms with Gasteiger partial charge in [-0.2, -0.15) is 0 Å². The minimum atomic E-state index is -1.01. The van der Waals surface area contributed by atoms with E-state index in [1.54, 1.807) is 0 Å². The van der Waals surface area contributed by atoms with E-state index in [1.165, 1.54) is 32.1 Å². The molecule has 6 heteroatoms. The molecule has 132 valence electrons. The molecular weight excluding hydrogens is 296 g/mol. The number of amides is 1. The van der Waals surface area contributed by atoms with Crippen LogP contribution in [0.15, 0.2) is 0 Å². The van der Waals surface area contributed by atoms with E-state index in [4.69, 9.17) is 9.47 Å². The molecule has 1 aliphatic carbocycles. The lowest BCUT2D eigenvalue weighted by Crippen LogP contribution is -2.66. The molecular formula is C17H30N2O4. The van der Waals surface area contributed by atoms with Crippen molar-refractivity contribution < 1.29 is 19.4 Å². The van der Waals surface area contributed by atoms with Crippen molar-refractivity contribution >= 4 is 6.09 Å². The monoisotopic (exact) mass is 326 g/mol. The molecule has 2 heterocycles. The number of carboxylic acid groups (broad SMARTS) is 1. The Hall–Kier alpha value is -0.850. The molecule has 0 spiro atoms. The van der Waals surface area contributed by atoms with E-state index in [1.807, 2.05) is 13.8 Å². The average Bonchev–Trinajstić information content (AvgIpc) is 2.50. The first kappa shape index (κ1) is 17.0. The van der Waals surface area contributed by atoms with Crippen molar-refractivity contribution in [2.75, 3.05) is 32.8 Å². The van der Waals surface area contributed by atoms with E-state index >= 15 is 0 Å². The molecule has 0 radical (unpaired) electrons. The summed E-state index contributed by atoms with van der Waals surface area (Å²) in [6, 6.07) is 0. The minimum Gasteiger partial charge on any atom is -0.465 e. The quantitative estimate of drug-likeness (QED) is 0.832. The van der Waals surface area contributed by atoms with Crippen LogP contribution in [-0.4, -0.2) is 60.3 Å². The molecule has 1 amide bonds. The van der Waals surface area contributed by atoms with Crippen LogP contribution in [0.2, 0.25) is 0 Å². The lowest BCUT2D eigenvalue weighted by atomic mass is 9.75. The number of nitrogens with one attached hydrogen (secondary N) is 1. The molecule has 0 aromatic rings. The maximum absolute atomic E-state index is 11.3. The average molecular weight is 326 g/mol. The summed E-state index contributed by atoms with van der Waals surface area (Å²) in [5.41, 5.74) is -0.664. The second-order valence-corrected chi connectivity index (χ2v) is 8.02. The summed E-state index contributed by atoms with van der Waals surface area (Å²) in [6.45, 7) is 7.24. The molecule has 3 rings (SSSR count). The highest BCUT2D eigenvalue weighted by atomic mass is 16.7. The highest BCUT2D eigenvalue weighted by molar-refractivity contribution is 5.65. The summed E-state index contributed by atoms with van der Waals surface area (Å²) in [5.74, 6) is 1.02. The van der Waals surface area contributed by atoms with Gasteiger partial charge < -0.3 is 24.8 Å². The van der Waals surface area contributed by atoms with Gasteiger partial charge in [0.05, 0.1) is 13.2 Å². The maximum Gasteiger partial charge on any atom is 0.405 e. The van der Waals surface area contributed by atoms with E-state index < -0.39 is 17.4 Å². The van der Waals surface area contributed by atoms with E-state index in [-0.39, 0.29) is 0 Å². The van der Waals surface area contributed by atoms with Gasteiger partial charge in [-0.1, -0.05) is 19.3 Å². The number of piperidine rings is 1. The third-order valence-corrected chi connectivity index (χ3v) is 5.67. The third-order valence-electron chi connectivity index (χ3n) is 5.67. The second-order valence-electron chi connectivity index (χ2n) is 8.02. The number of rotatable bonds is 3.